The molecule has 6 heteroatoms. The van der Waals surface area contributed by atoms with Crippen LogP contribution in [0.2, 0.25) is 0 Å². The molecule has 0 saturated heterocycles. The number of anilines is 2. The first kappa shape index (κ1) is 15.8. The predicted molar refractivity (Wildman–Crippen MR) is 105 cm³/mol. The summed E-state index contributed by atoms with van der Waals surface area (Å²) in [6, 6.07) is 15.8. The lowest BCUT2D eigenvalue weighted by Gasteiger charge is -2.29. The number of nitrogens with one attached hydrogen (secondary N) is 1. The van der Waals surface area contributed by atoms with Gasteiger partial charge in [-0.3, -0.25) is 4.79 Å². The molecule has 1 amide bonds. The number of carbonyl (C=O) groups excluding carboxylic acids is 1. The molecule has 0 aliphatic carbocycles. The van der Waals surface area contributed by atoms with E-state index in [0.29, 0.717) is 11.4 Å². The molecule has 0 saturated carbocycles. The maximum Gasteiger partial charge on any atom is 0.246 e. The highest BCUT2D eigenvalue weighted by Crippen LogP contribution is 2.30. The van der Waals surface area contributed by atoms with Gasteiger partial charge in [-0.1, -0.05) is 30.3 Å². The lowest BCUT2D eigenvalue weighted by Crippen LogP contribution is -2.39. The van der Waals surface area contributed by atoms with Gasteiger partial charge >= 0.3 is 0 Å². The first-order valence-corrected chi connectivity index (χ1v) is 9.05. The molecule has 6 nitrogen and oxygen atoms in total. The van der Waals surface area contributed by atoms with Crippen molar-refractivity contribution in [2.75, 3.05) is 23.3 Å². The number of para-hydroxylation sites is 2. The number of hydrogen-bond acceptors (Lipinski definition) is 5. The van der Waals surface area contributed by atoms with Gasteiger partial charge in [0.05, 0.1) is 6.54 Å². The van der Waals surface area contributed by atoms with Crippen LogP contribution in [0.4, 0.5) is 11.5 Å². The number of hydrogen-bond donors (Lipinski definition) is 1. The van der Waals surface area contributed by atoms with Crippen molar-refractivity contribution >= 4 is 39.5 Å². The molecule has 0 unspecified atom stereocenters. The summed E-state index contributed by atoms with van der Waals surface area (Å²) in [6.45, 7) is 0.888. The minimum Gasteiger partial charge on any atom is -0.450 e. The normalized spacial score (nSPS) is 13.7. The first-order chi connectivity index (χ1) is 13.3. The molecular weight excluding hydrogens is 340 g/mol. The van der Waals surface area contributed by atoms with Crippen LogP contribution in [-0.2, 0) is 11.2 Å². The Kier molecular flexibility index (Phi) is 3.74. The minimum atomic E-state index is 0.0185. The number of amides is 1. The van der Waals surface area contributed by atoms with Crippen LogP contribution in [0.3, 0.4) is 0 Å². The lowest BCUT2D eigenvalue weighted by atomic mass is 10.0. The second-order valence-corrected chi connectivity index (χ2v) is 6.63. The van der Waals surface area contributed by atoms with E-state index >= 15 is 0 Å². The zero-order chi connectivity index (χ0) is 18.2. The van der Waals surface area contributed by atoms with Gasteiger partial charge in [-0.05, 0) is 36.6 Å². The van der Waals surface area contributed by atoms with E-state index in [4.69, 9.17) is 4.42 Å². The van der Waals surface area contributed by atoms with Crippen LogP contribution in [0.25, 0.3) is 22.1 Å². The molecule has 0 atom stereocenters. The van der Waals surface area contributed by atoms with Gasteiger partial charge < -0.3 is 14.6 Å². The molecule has 2 aromatic carbocycles. The molecule has 1 N–H and O–H groups in total. The zero-order valence-corrected chi connectivity index (χ0v) is 14.7. The highest BCUT2D eigenvalue weighted by atomic mass is 16.3. The van der Waals surface area contributed by atoms with Crippen molar-refractivity contribution < 1.29 is 9.21 Å². The molecule has 0 radical (unpaired) electrons. The standard InChI is InChI=1S/C21H18N4O2/c26-18(25-11-5-7-14-6-1-3-9-16(14)25)12-22-21-20-19(23-13-24-21)15-8-2-4-10-17(15)27-20/h1-4,6,8-10,13H,5,7,11-12H2,(H,22,23,24). The average Bonchev–Trinajstić information content (AvgIpc) is 3.11. The number of carbonyl (C=O) groups is 1. The Morgan fingerprint density at radius 2 is 1.96 bits per heavy atom. The fraction of sp³-hybridized carbons (Fsp3) is 0.190. The molecule has 1 aliphatic rings. The molecule has 5 rings (SSSR count). The molecule has 27 heavy (non-hydrogen) atoms. The Balaban J connectivity index is 1.41. The second-order valence-electron chi connectivity index (χ2n) is 6.63. The van der Waals surface area contributed by atoms with Crippen molar-refractivity contribution in [1.82, 2.24) is 9.97 Å². The average molecular weight is 358 g/mol. The van der Waals surface area contributed by atoms with Crippen molar-refractivity contribution in [2.24, 2.45) is 0 Å². The largest absolute Gasteiger partial charge is 0.450 e. The predicted octanol–water partition coefficient (Wildman–Crippen LogP) is 3.77. The molecule has 1 aliphatic heterocycles. The van der Waals surface area contributed by atoms with Crippen LogP contribution < -0.4 is 10.2 Å². The number of rotatable bonds is 3. The molecule has 0 bridgehead atoms. The third kappa shape index (κ3) is 2.70. The Morgan fingerprint density at radius 1 is 1.11 bits per heavy atom. The van der Waals surface area contributed by atoms with E-state index in [9.17, 15) is 4.79 Å². The van der Waals surface area contributed by atoms with E-state index < -0.39 is 0 Å². The Morgan fingerprint density at radius 3 is 2.93 bits per heavy atom. The number of aryl methyl sites for hydroxylation is 1. The molecule has 4 aromatic rings. The van der Waals surface area contributed by atoms with Crippen molar-refractivity contribution in [3.8, 4) is 0 Å². The minimum absolute atomic E-state index is 0.0185. The van der Waals surface area contributed by atoms with Crippen LogP contribution in [0, 0.1) is 0 Å². The smallest absolute Gasteiger partial charge is 0.246 e. The fourth-order valence-electron chi connectivity index (χ4n) is 3.70. The van der Waals surface area contributed by atoms with Gasteiger partial charge in [0.25, 0.3) is 0 Å². The first-order valence-electron chi connectivity index (χ1n) is 9.05. The fourth-order valence-corrected chi connectivity index (χ4v) is 3.70. The molecule has 0 fully saturated rings. The topological polar surface area (TPSA) is 71.3 Å². The Labute approximate surface area is 155 Å². The summed E-state index contributed by atoms with van der Waals surface area (Å²) in [5.74, 6) is 0.555. The van der Waals surface area contributed by atoms with Crippen LogP contribution >= 0.6 is 0 Å². The molecule has 2 aromatic heterocycles. The van der Waals surface area contributed by atoms with Gasteiger partial charge in [-0.15, -0.1) is 0 Å². The van der Waals surface area contributed by atoms with Gasteiger partial charge in [-0.25, -0.2) is 9.97 Å². The molecular formula is C21H18N4O2. The third-order valence-corrected chi connectivity index (χ3v) is 4.98. The second kappa shape index (κ2) is 6.39. The van der Waals surface area contributed by atoms with Crippen LogP contribution in [-0.4, -0.2) is 29.0 Å². The molecule has 3 heterocycles. The van der Waals surface area contributed by atoms with Gasteiger partial charge in [0, 0.05) is 17.6 Å². The summed E-state index contributed by atoms with van der Waals surface area (Å²) in [5, 5.41) is 4.08. The van der Waals surface area contributed by atoms with Crippen molar-refractivity contribution in [1.29, 1.82) is 0 Å². The summed E-state index contributed by atoms with van der Waals surface area (Å²) in [5.41, 5.74) is 4.31. The van der Waals surface area contributed by atoms with Crippen LogP contribution in [0.15, 0.2) is 59.3 Å². The van der Waals surface area contributed by atoms with Gasteiger partial charge in [0.1, 0.15) is 17.4 Å². The number of aromatic nitrogens is 2. The van der Waals surface area contributed by atoms with Gasteiger partial charge in [0.15, 0.2) is 11.4 Å². The maximum absolute atomic E-state index is 12.8. The van der Waals surface area contributed by atoms with Crippen molar-refractivity contribution in [3.05, 3.63) is 60.4 Å². The summed E-state index contributed by atoms with van der Waals surface area (Å²) in [6.07, 6.45) is 3.48. The number of fused-ring (bicyclic) bond motifs is 4. The number of furan rings is 1. The highest BCUT2D eigenvalue weighted by Gasteiger charge is 2.22. The van der Waals surface area contributed by atoms with E-state index in [1.807, 2.05) is 47.4 Å². The van der Waals surface area contributed by atoms with Gasteiger partial charge in [0.2, 0.25) is 5.91 Å². The quantitative estimate of drug-likeness (QED) is 0.604. The van der Waals surface area contributed by atoms with E-state index in [-0.39, 0.29) is 12.5 Å². The highest BCUT2D eigenvalue weighted by molar-refractivity contribution is 6.06. The van der Waals surface area contributed by atoms with Gasteiger partial charge in [-0.2, -0.15) is 0 Å². The van der Waals surface area contributed by atoms with E-state index in [1.165, 1.54) is 11.9 Å². The summed E-state index contributed by atoms with van der Waals surface area (Å²) in [7, 11) is 0. The molecule has 0 spiro atoms. The van der Waals surface area contributed by atoms with Crippen molar-refractivity contribution in [2.45, 2.75) is 12.8 Å². The van der Waals surface area contributed by atoms with E-state index in [2.05, 4.69) is 21.4 Å². The monoisotopic (exact) mass is 358 g/mol. The van der Waals surface area contributed by atoms with Crippen molar-refractivity contribution in [3.63, 3.8) is 0 Å². The van der Waals surface area contributed by atoms with Crippen LogP contribution in [0.1, 0.15) is 12.0 Å². The van der Waals surface area contributed by atoms with Crippen LogP contribution in [0.5, 0.6) is 0 Å². The number of nitrogens with zero attached hydrogens (tertiary/aromatic N) is 3. The Hall–Kier alpha value is -3.41. The Bertz CT molecular complexity index is 1150. The number of benzene rings is 2. The third-order valence-electron chi connectivity index (χ3n) is 4.98. The zero-order valence-electron chi connectivity index (χ0n) is 14.7. The molecule has 134 valence electrons. The van der Waals surface area contributed by atoms with E-state index in [1.54, 1.807) is 0 Å². The lowest BCUT2D eigenvalue weighted by molar-refractivity contribution is -0.117. The maximum atomic E-state index is 12.8. The summed E-state index contributed by atoms with van der Waals surface area (Å²) >= 11 is 0. The summed E-state index contributed by atoms with van der Waals surface area (Å²) < 4.78 is 5.91. The SMILES string of the molecule is O=C(CNc1ncnc2c1oc1ccccc12)N1CCCc2ccccc21. The summed E-state index contributed by atoms with van der Waals surface area (Å²) in [4.78, 5) is 23.3. The van der Waals surface area contributed by atoms with E-state index in [0.717, 1.165) is 41.6 Å².